The molecule has 0 saturated carbocycles. The molecular formula is C16H17ClN4O5S2. The second-order valence-electron chi connectivity index (χ2n) is 5.73. The maximum absolute atomic E-state index is 12.7. The lowest BCUT2D eigenvalue weighted by atomic mass is 10.3. The summed E-state index contributed by atoms with van der Waals surface area (Å²) in [4.78, 5) is 29.9. The number of morpholine rings is 1. The number of H-pyrrole nitrogens is 1. The minimum atomic E-state index is -3.71. The van der Waals surface area contributed by atoms with Gasteiger partial charge in [0.15, 0.2) is 5.16 Å². The molecule has 0 unspecified atom stereocenters. The van der Waals surface area contributed by atoms with Crippen molar-refractivity contribution in [2.24, 2.45) is 0 Å². The Balaban J connectivity index is 1.70. The van der Waals surface area contributed by atoms with E-state index < -0.39 is 15.9 Å². The lowest BCUT2D eigenvalue weighted by Gasteiger charge is -2.26. The first-order valence-electron chi connectivity index (χ1n) is 8.22. The van der Waals surface area contributed by atoms with Gasteiger partial charge in [-0.15, -0.1) is 0 Å². The number of nitrogens with one attached hydrogen (secondary N) is 2. The van der Waals surface area contributed by atoms with Crippen molar-refractivity contribution in [3.8, 4) is 0 Å². The van der Waals surface area contributed by atoms with Gasteiger partial charge in [-0.05, 0) is 18.2 Å². The van der Waals surface area contributed by atoms with E-state index in [9.17, 15) is 18.0 Å². The van der Waals surface area contributed by atoms with E-state index in [2.05, 4.69) is 15.3 Å². The van der Waals surface area contributed by atoms with E-state index in [1.807, 2.05) is 0 Å². The Kier molecular flexibility index (Phi) is 6.73. The van der Waals surface area contributed by atoms with Gasteiger partial charge in [0.05, 0.1) is 34.6 Å². The Hall–Kier alpha value is -1.92. The highest BCUT2D eigenvalue weighted by Crippen LogP contribution is 2.27. The molecule has 1 amide bonds. The van der Waals surface area contributed by atoms with Crippen LogP contribution >= 0.6 is 23.4 Å². The van der Waals surface area contributed by atoms with Crippen molar-refractivity contribution in [1.82, 2.24) is 14.3 Å². The number of carbonyl (C=O) groups excluding carboxylic acids is 1. The first-order valence-corrected chi connectivity index (χ1v) is 11.0. The van der Waals surface area contributed by atoms with E-state index >= 15 is 0 Å². The molecule has 9 nitrogen and oxygen atoms in total. The normalized spacial score (nSPS) is 15.3. The van der Waals surface area contributed by atoms with E-state index in [-0.39, 0.29) is 40.0 Å². The first kappa shape index (κ1) is 20.8. The molecule has 150 valence electrons. The van der Waals surface area contributed by atoms with E-state index in [0.29, 0.717) is 18.4 Å². The molecule has 0 bridgehead atoms. The lowest BCUT2D eigenvalue weighted by molar-refractivity contribution is -0.113. The number of benzene rings is 1. The average Bonchev–Trinajstić information content (AvgIpc) is 2.69. The SMILES string of the molecule is O=C(CSc1nccc(=O)[nH]1)Nc1cc(S(=O)(=O)N2CCOCC2)ccc1Cl. The van der Waals surface area contributed by atoms with E-state index in [4.69, 9.17) is 16.3 Å². The highest BCUT2D eigenvalue weighted by molar-refractivity contribution is 7.99. The predicted molar refractivity (Wildman–Crippen MR) is 105 cm³/mol. The van der Waals surface area contributed by atoms with Crippen LogP contribution in [0.3, 0.4) is 0 Å². The molecule has 0 radical (unpaired) electrons. The molecule has 1 aliphatic rings. The highest BCUT2D eigenvalue weighted by atomic mass is 35.5. The summed E-state index contributed by atoms with van der Waals surface area (Å²) in [6.07, 6.45) is 1.34. The quantitative estimate of drug-likeness (QED) is 0.506. The topological polar surface area (TPSA) is 121 Å². The van der Waals surface area contributed by atoms with Gasteiger partial charge in [0.1, 0.15) is 0 Å². The van der Waals surface area contributed by atoms with Crippen molar-refractivity contribution in [2.75, 3.05) is 37.4 Å². The number of ether oxygens (including phenoxy) is 1. The number of rotatable bonds is 6. The number of thioether (sulfide) groups is 1. The molecule has 1 fully saturated rings. The summed E-state index contributed by atoms with van der Waals surface area (Å²) in [6, 6.07) is 5.42. The number of nitrogens with zero attached hydrogens (tertiary/aromatic N) is 2. The zero-order valence-corrected chi connectivity index (χ0v) is 16.9. The van der Waals surface area contributed by atoms with Crippen LogP contribution in [0.5, 0.6) is 0 Å². The molecule has 2 aromatic rings. The molecule has 1 aromatic heterocycles. The van der Waals surface area contributed by atoms with Gasteiger partial charge in [0.25, 0.3) is 5.56 Å². The molecule has 0 atom stereocenters. The second kappa shape index (κ2) is 9.05. The predicted octanol–water partition coefficient (Wildman–Crippen LogP) is 1.18. The molecule has 28 heavy (non-hydrogen) atoms. The van der Waals surface area contributed by atoms with Crippen LogP contribution in [-0.2, 0) is 19.6 Å². The van der Waals surface area contributed by atoms with Crippen molar-refractivity contribution in [2.45, 2.75) is 10.1 Å². The molecule has 1 aliphatic heterocycles. The number of hydrogen-bond donors (Lipinski definition) is 2. The van der Waals surface area contributed by atoms with Crippen LogP contribution in [0.15, 0.2) is 45.3 Å². The summed E-state index contributed by atoms with van der Waals surface area (Å²) in [5, 5.41) is 3.11. The van der Waals surface area contributed by atoms with Gasteiger partial charge >= 0.3 is 0 Å². The van der Waals surface area contributed by atoms with Crippen molar-refractivity contribution in [3.63, 3.8) is 0 Å². The minimum Gasteiger partial charge on any atom is -0.379 e. The van der Waals surface area contributed by atoms with Gasteiger partial charge in [-0.25, -0.2) is 13.4 Å². The van der Waals surface area contributed by atoms with Gasteiger partial charge in [0.2, 0.25) is 15.9 Å². The summed E-state index contributed by atoms with van der Waals surface area (Å²) in [5.74, 6) is -0.455. The van der Waals surface area contributed by atoms with Crippen LogP contribution in [-0.4, -0.2) is 60.7 Å². The fourth-order valence-corrected chi connectivity index (χ4v) is 4.69. The molecule has 3 rings (SSSR count). The summed E-state index contributed by atoms with van der Waals surface area (Å²) >= 11 is 7.14. The second-order valence-corrected chi connectivity index (χ2v) is 9.04. The standard InChI is InChI=1S/C16H17ClN4O5S2/c17-12-2-1-11(28(24,25)21-5-7-26-8-6-21)9-13(12)19-15(23)10-27-16-18-4-3-14(22)20-16/h1-4,9H,5-8,10H2,(H,19,23)(H,18,20,22). The fraction of sp³-hybridized carbons (Fsp3) is 0.312. The number of carbonyl (C=O) groups is 1. The van der Waals surface area contributed by atoms with Gasteiger partial charge in [-0.2, -0.15) is 4.31 Å². The first-order chi connectivity index (χ1) is 13.4. The zero-order valence-electron chi connectivity index (χ0n) is 14.6. The van der Waals surface area contributed by atoms with Crippen molar-refractivity contribution in [3.05, 3.63) is 45.8 Å². The fourth-order valence-electron chi connectivity index (χ4n) is 2.44. The number of aromatic nitrogens is 2. The van der Waals surface area contributed by atoms with E-state index in [1.54, 1.807) is 0 Å². The maximum atomic E-state index is 12.7. The van der Waals surface area contributed by atoms with Crippen LogP contribution in [0.4, 0.5) is 5.69 Å². The number of sulfonamides is 1. The van der Waals surface area contributed by atoms with Gasteiger partial charge < -0.3 is 15.0 Å². The van der Waals surface area contributed by atoms with Crippen LogP contribution in [0.25, 0.3) is 0 Å². The van der Waals surface area contributed by atoms with E-state index in [1.165, 1.54) is 34.8 Å². The van der Waals surface area contributed by atoms with E-state index in [0.717, 1.165) is 11.8 Å². The van der Waals surface area contributed by atoms with Crippen molar-refractivity contribution >= 4 is 45.0 Å². The molecule has 1 saturated heterocycles. The Bertz CT molecular complexity index is 1020. The smallest absolute Gasteiger partial charge is 0.251 e. The Morgan fingerprint density at radius 2 is 2.07 bits per heavy atom. The Morgan fingerprint density at radius 1 is 1.32 bits per heavy atom. The Morgan fingerprint density at radius 3 is 2.79 bits per heavy atom. The van der Waals surface area contributed by atoms with Gasteiger partial charge in [-0.1, -0.05) is 23.4 Å². The van der Waals surface area contributed by atoms with Gasteiger partial charge in [-0.3, -0.25) is 9.59 Å². The minimum absolute atomic E-state index is 0.0378. The third kappa shape index (κ3) is 5.11. The molecule has 1 aromatic carbocycles. The average molecular weight is 445 g/mol. The maximum Gasteiger partial charge on any atom is 0.251 e. The molecular weight excluding hydrogens is 428 g/mol. The van der Waals surface area contributed by atoms with Crippen molar-refractivity contribution in [1.29, 1.82) is 0 Å². The lowest BCUT2D eigenvalue weighted by Crippen LogP contribution is -2.40. The summed E-state index contributed by atoms with van der Waals surface area (Å²) in [6.45, 7) is 1.21. The van der Waals surface area contributed by atoms with Crippen LogP contribution in [0.1, 0.15) is 0 Å². The number of hydrogen-bond acceptors (Lipinski definition) is 7. The third-order valence-corrected chi connectivity index (χ3v) is 6.92. The molecule has 12 heteroatoms. The highest BCUT2D eigenvalue weighted by Gasteiger charge is 2.27. The summed E-state index contributed by atoms with van der Waals surface area (Å²) in [7, 11) is -3.71. The Labute approximate surface area is 170 Å². The monoisotopic (exact) mass is 444 g/mol. The van der Waals surface area contributed by atoms with Crippen LogP contribution < -0.4 is 10.9 Å². The number of halogens is 1. The summed E-state index contributed by atoms with van der Waals surface area (Å²) < 4.78 is 32.0. The summed E-state index contributed by atoms with van der Waals surface area (Å²) in [5.41, 5.74) is -0.127. The largest absolute Gasteiger partial charge is 0.379 e. The number of aromatic amines is 1. The molecule has 2 heterocycles. The number of amides is 1. The molecule has 2 N–H and O–H groups in total. The van der Waals surface area contributed by atoms with Crippen molar-refractivity contribution < 1.29 is 17.9 Å². The van der Waals surface area contributed by atoms with Crippen LogP contribution in [0.2, 0.25) is 5.02 Å². The third-order valence-electron chi connectivity index (χ3n) is 3.81. The number of anilines is 1. The zero-order chi connectivity index (χ0) is 20.1. The van der Waals surface area contributed by atoms with Gasteiger partial charge in [0, 0.05) is 25.4 Å². The molecule has 0 aliphatic carbocycles. The van der Waals surface area contributed by atoms with Crippen LogP contribution in [0, 0.1) is 0 Å². The molecule has 0 spiro atoms.